The van der Waals surface area contributed by atoms with Crippen LogP contribution in [0, 0.1) is 13.8 Å². The SMILES string of the molecule is Cc1cc(C)cc(Oc2ccnc(CCl)c2)c1. The van der Waals surface area contributed by atoms with Gasteiger partial charge >= 0.3 is 0 Å². The molecular formula is C14H14ClNO. The Kier molecular flexibility index (Phi) is 3.64. The molecule has 0 spiro atoms. The van der Waals surface area contributed by atoms with Crippen LogP contribution in [0.5, 0.6) is 11.5 Å². The number of pyridine rings is 1. The maximum atomic E-state index is 5.78. The maximum Gasteiger partial charge on any atom is 0.130 e. The molecule has 0 radical (unpaired) electrons. The fourth-order valence-electron chi connectivity index (χ4n) is 1.72. The molecule has 0 saturated carbocycles. The molecule has 0 amide bonds. The van der Waals surface area contributed by atoms with Crippen LogP contribution in [0.4, 0.5) is 0 Å². The van der Waals surface area contributed by atoms with Gasteiger partial charge in [0.2, 0.25) is 0 Å². The van der Waals surface area contributed by atoms with Crippen LogP contribution in [0.2, 0.25) is 0 Å². The van der Waals surface area contributed by atoms with Crippen molar-refractivity contribution in [2.75, 3.05) is 0 Å². The normalized spacial score (nSPS) is 10.3. The molecule has 0 bridgehead atoms. The smallest absolute Gasteiger partial charge is 0.130 e. The number of benzene rings is 1. The van der Waals surface area contributed by atoms with Crippen molar-refractivity contribution >= 4 is 11.6 Å². The van der Waals surface area contributed by atoms with E-state index < -0.39 is 0 Å². The Balaban J connectivity index is 2.24. The summed E-state index contributed by atoms with van der Waals surface area (Å²) in [5.74, 6) is 2.00. The van der Waals surface area contributed by atoms with E-state index >= 15 is 0 Å². The molecule has 0 aliphatic heterocycles. The topological polar surface area (TPSA) is 22.1 Å². The van der Waals surface area contributed by atoms with Crippen molar-refractivity contribution in [1.29, 1.82) is 0 Å². The van der Waals surface area contributed by atoms with Gasteiger partial charge in [0.15, 0.2) is 0 Å². The number of nitrogens with zero attached hydrogens (tertiary/aromatic N) is 1. The van der Waals surface area contributed by atoms with Crippen molar-refractivity contribution in [2.24, 2.45) is 0 Å². The van der Waals surface area contributed by atoms with E-state index in [-0.39, 0.29) is 0 Å². The molecule has 1 aromatic heterocycles. The van der Waals surface area contributed by atoms with E-state index in [1.165, 1.54) is 11.1 Å². The van der Waals surface area contributed by atoms with Crippen molar-refractivity contribution in [1.82, 2.24) is 4.98 Å². The summed E-state index contributed by atoms with van der Waals surface area (Å²) in [6, 6.07) is 9.81. The molecule has 0 unspecified atom stereocenters. The number of ether oxygens (including phenoxy) is 1. The minimum atomic E-state index is 0.393. The predicted octanol–water partition coefficient (Wildman–Crippen LogP) is 4.23. The molecule has 88 valence electrons. The highest BCUT2D eigenvalue weighted by atomic mass is 35.5. The summed E-state index contributed by atoms with van der Waals surface area (Å²) in [6.07, 6.45) is 1.70. The summed E-state index contributed by atoms with van der Waals surface area (Å²) in [6.45, 7) is 4.10. The molecule has 0 fully saturated rings. The third-order valence-electron chi connectivity index (χ3n) is 2.36. The average Bonchev–Trinajstić information content (AvgIpc) is 2.28. The molecule has 0 aliphatic rings. The fourth-order valence-corrected chi connectivity index (χ4v) is 1.87. The second kappa shape index (κ2) is 5.19. The largest absolute Gasteiger partial charge is 0.457 e. The zero-order chi connectivity index (χ0) is 12.3. The first-order valence-corrected chi connectivity index (χ1v) is 5.98. The van der Waals surface area contributed by atoms with E-state index in [1.807, 2.05) is 24.3 Å². The Bertz CT molecular complexity index is 505. The van der Waals surface area contributed by atoms with Gasteiger partial charge in [0.1, 0.15) is 11.5 Å². The van der Waals surface area contributed by atoms with Crippen LogP contribution in [0.1, 0.15) is 16.8 Å². The predicted molar refractivity (Wildman–Crippen MR) is 69.8 cm³/mol. The lowest BCUT2D eigenvalue weighted by Gasteiger charge is -2.08. The number of halogens is 1. The monoisotopic (exact) mass is 247 g/mol. The van der Waals surface area contributed by atoms with Crippen LogP contribution in [0.25, 0.3) is 0 Å². The van der Waals surface area contributed by atoms with E-state index in [2.05, 4.69) is 24.9 Å². The second-order valence-electron chi connectivity index (χ2n) is 4.04. The van der Waals surface area contributed by atoms with E-state index in [4.69, 9.17) is 16.3 Å². The van der Waals surface area contributed by atoms with Gasteiger partial charge in [-0.3, -0.25) is 4.98 Å². The molecule has 0 atom stereocenters. The first-order valence-electron chi connectivity index (χ1n) is 5.44. The van der Waals surface area contributed by atoms with Gasteiger partial charge in [0.25, 0.3) is 0 Å². The van der Waals surface area contributed by atoms with Crippen molar-refractivity contribution in [3.63, 3.8) is 0 Å². The first-order chi connectivity index (χ1) is 8.17. The van der Waals surface area contributed by atoms with Crippen LogP contribution in [0.3, 0.4) is 0 Å². The standard InChI is InChI=1S/C14H14ClNO/c1-10-5-11(2)7-14(6-10)17-13-3-4-16-12(8-13)9-15/h3-8H,9H2,1-2H3. The molecule has 0 saturated heterocycles. The molecule has 17 heavy (non-hydrogen) atoms. The lowest BCUT2D eigenvalue weighted by molar-refractivity contribution is 0.480. The lowest BCUT2D eigenvalue weighted by Crippen LogP contribution is -1.89. The van der Waals surface area contributed by atoms with Gasteiger partial charge in [-0.15, -0.1) is 11.6 Å². The van der Waals surface area contributed by atoms with Crippen molar-refractivity contribution in [3.8, 4) is 11.5 Å². The third-order valence-corrected chi connectivity index (χ3v) is 2.63. The fraction of sp³-hybridized carbons (Fsp3) is 0.214. The summed E-state index contributed by atoms with van der Waals surface area (Å²) in [5.41, 5.74) is 3.19. The summed E-state index contributed by atoms with van der Waals surface area (Å²) in [7, 11) is 0. The number of rotatable bonds is 3. The Morgan fingerprint density at radius 2 is 1.76 bits per heavy atom. The van der Waals surface area contributed by atoms with Gasteiger partial charge in [0, 0.05) is 12.3 Å². The van der Waals surface area contributed by atoms with E-state index in [0.29, 0.717) is 5.88 Å². The molecule has 2 nitrogen and oxygen atoms in total. The van der Waals surface area contributed by atoms with Crippen molar-refractivity contribution < 1.29 is 4.74 Å². The highest BCUT2D eigenvalue weighted by Crippen LogP contribution is 2.24. The molecular weight excluding hydrogens is 234 g/mol. The van der Waals surface area contributed by atoms with Crippen LogP contribution in [0.15, 0.2) is 36.5 Å². The minimum absolute atomic E-state index is 0.393. The first kappa shape index (κ1) is 11.9. The van der Waals surface area contributed by atoms with Gasteiger partial charge in [-0.05, 0) is 43.2 Å². The number of aromatic nitrogens is 1. The minimum Gasteiger partial charge on any atom is -0.457 e. The van der Waals surface area contributed by atoms with Crippen LogP contribution in [-0.2, 0) is 5.88 Å². The number of alkyl halides is 1. The van der Waals surface area contributed by atoms with E-state index in [0.717, 1.165) is 17.2 Å². The van der Waals surface area contributed by atoms with Crippen LogP contribution in [-0.4, -0.2) is 4.98 Å². The van der Waals surface area contributed by atoms with Crippen LogP contribution < -0.4 is 4.74 Å². The molecule has 0 N–H and O–H groups in total. The molecule has 1 heterocycles. The summed E-state index contributed by atoms with van der Waals surface area (Å²) in [4.78, 5) is 4.12. The maximum absolute atomic E-state index is 5.78. The molecule has 2 rings (SSSR count). The Morgan fingerprint density at radius 1 is 1.06 bits per heavy atom. The molecule has 0 aliphatic carbocycles. The van der Waals surface area contributed by atoms with E-state index in [9.17, 15) is 0 Å². The molecule has 2 aromatic rings. The Labute approximate surface area is 106 Å². The zero-order valence-corrected chi connectivity index (χ0v) is 10.7. The number of hydrogen-bond donors (Lipinski definition) is 0. The van der Waals surface area contributed by atoms with Gasteiger partial charge in [-0.2, -0.15) is 0 Å². The van der Waals surface area contributed by atoms with Crippen molar-refractivity contribution in [2.45, 2.75) is 19.7 Å². The zero-order valence-electron chi connectivity index (χ0n) is 9.90. The number of aryl methyl sites for hydroxylation is 2. The molecule has 3 heteroatoms. The third kappa shape index (κ3) is 3.21. The Morgan fingerprint density at radius 3 is 2.41 bits per heavy atom. The summed E-state index contributed by atoms with van der Waals surface area (Å²) < 4.78 is 5.78. The van der Waals surface area contributed by atoms with Crippen molar-refractivity contribution in [3.05, 3.63) is 53.3 Å². The quantitative estimate of drug-likeness (QED) is 0.758. The van der Waals surface area contributed by atoms with E-state index in [1.54, 1.807) is 6.20 Å². The lowest BCUT2D eigenvalue weighted by atomic mass is 10.1. The van der Waals surface area contributed by atoms with Gasteiger partial charge in [0.05, 0.1) is 11.6 Å². The van der Waals surface area contributed by atoms with Gasteiger partial charge in [-0.1, -0.05) is 6.07 Å². The summed E-state index contributed by atoms with van der Waals surface area (Å²) in [5, 5.41) is 0. The summed E-state index contributed by atoms with van der Waals surface area (Å²) >= 11 is 5.73. The Hall–Kier alpha value is -1.54. The van der Waals surface area contributed by atoms with Gasteiger partial charge in [-0.25, -0.2) is 0 Å². The highest BCUT2D eigenvalue weighted by molar-refractivity contribution is 6.16. The van der Waals surface area contributed by atoms with Gasteiger partial charge < -0.3 is 4.74 Å². The van der Waals surface area contributed by atoms with Crippen LogP contribution >= 0.6 is 11.6 Å². The molecule has 1 aromatic carbocycles. The highest BCUT2D eigenvalue weighted by Gasteiger charge is 2.01. The second-order valence-corrected chi connectivity index (χ2v) is 4.31. The number of hydrogen-bond acceptors (Lipinski definition) is 2. The average molecular weight is 248 g/mol.